The number of aromatic nitrogens is 2. The number of ether oxygens (including phenoxy) is 2. The number of aryl methyl sites for hydroxylation is 2. The third-order valence-corrected chi connectivity index (χ3v) is 5.83. The van der Waals surface area contributed by atoms with Gasteiger partial charge < -0.3 is 14.6 Å². The maximum absolute atomic E-state index is 12.3. The van der Waals surface area contributed by atoms with Crippen LogP contribution in [-0.4, -0.2) is 33.1 Å². The standard InChI is InChI=1S/C25H32N2O4/c1-25(2,3)31-23(24(28)29)22-20(18-12-13-19-17(15-18)11-8-14-30-19)21(26-27(22)4)16-9-6-5-7-10-16/h9,12-13,15,23H,5-8,10-11,14H2,1-4H3,(H,28,29). The Hall–Kier alpha value is -2.60. The number of aliphatic carboxylic acids is 1. The average Bonchev–Trinajstić information content (AvgIpc) is 3.08. The Balaban J connectivity index is 1.92. The van der Waals surface area contributed by atoms with Crippen LogP contribution in [0, 0.1) is 0 Å². The zero-order valence-electron chi connectivity index (χ0n) is 18.9. The first-order chi connectivity index (χ1) is 14.7. The van der Waals surface area contributed by atoms with Gasteiger partial charge in [0.1, 0.15) is 5.75 Å². The summed E-state index contributed by atoms with van der Waals surface area (Å²) in [4.78, 5) is 12.3. The molecule has 1 unspecified atom stereocenters. The fourth-order valence-corrected chi connectivity index (χ4v) is 4.49. The highest BCUT2D eigenvalue weighted by Gasteiger charge is 2.35. The molecule has 1 aromatic carbocycles. The maximum atomic E-state index is 12.3. The number of fused-ring (bicyclic) bond motifs is 1. The third kappa shape index (κ3) is 4.54. The highest BCUT2D eigenvalue weighted by atomic mass is 16.5. The van der Waals surface area contributed by atoms with Crippen LogP contribution in [0.2, 0.25) is 0 Å². The van der Waals surface area contributed by atoms with E-state index >= 15 is 0 Å². The molecule has 0 bridgehead atoms. The van der Waals surface area contributed by atoms with Crippen molar-refractivity contribution in [1.29, 1.82) is 0 Å². The van der Waals surface area contributed by atoms with Crippen molar-refractivity contribution in [3.63, 3.8) is 0 Å². The van der Waals surface area contributed by atoms with Gasteiger partial charge in [0.15, 0.2) is 6.10 Å². The highest BCUT2D eigenvalue weighted by molar-refractivity contribution is 5.86. The Morgan fingerprint density at radius 3 is 2.71 bits per heavy atom. The number of allylic oxidation sites excluding steroid dienone is 2. The number of hydrogen-bond donors (Lipinski definition) is 1. The SMILES string of the molecule is Cn1nc(C2=CCCCC2)c(-c2ccc3c(c2)CCCO3)c1C(OC(C)(C)C)C(=O)O. The number of hydrogen-bond acceptors (Lipinski definition) is 4. The van der Waals surface area contributed by atoms with Crippen LogP contribution in [0.4, 0.5) is 0 Å². The van der Waals surface area contributed by atoms with Crippen molar-refractivity contribution in [2.45, 2.75) is 71.0 Å². The molecule has 0 saturated carbocycles. The largest absolute Gasteiger partial charge is 0.493 e. The zero-order valence-corrected chi connectivity index (χ0v) is 18.9. The van der Waals surface area contributed by atoms with Gasteiger partial charge in [-0.15, -0.1) is 0 Å². The second-order valence-corrected chi connectivity index (χ2v) is 9.43. The minimum Gasteiger partial charge on any atom is -0.493 e. The number of carboxylic acids is 1. The quantitative estimate of drug-likeness (QED) is 0.704. The van der Waals surface area contributed by atoms with Crippen LogP contribution in [0.1, 0.15) is 75.9 Å². The van der Waals surface area contributed by atoms with Gasteiger partial charge in [-0.05, 0) is 88.1 Å². The third-order valence-electron chi connectivity index (χ3n) is 5.83. The molecule has 6 nitrogen and oxygen atoms in total. The van der Waals surface area contributed by atoms with Crippen LogP contribution in [0.15, 0.2) is 24.3 Å². The fourth-order valence-electron chi connectivity index (χ4n) is 4.49. The van der Waals surface area contributed by atoms with Crippen LogP contribution in [-0.2, 0) is 23.0 Å². The molecule has 0 radical (unpaired) electrons. The van der Waals surface area contributed by atoms with Gasteiger partial charge in [-0.1, -0.05) is 12.1 Å². The summed E-state index contributed by atoms with van der Waals surface area (Å²) in [7, 11) is 1.81. The van der Waals surface area contributed by atoms with Gasteiger partial charge in [0.05, 0.1) is 23.6 Å². The predicted molar refractivity (Wildman–Crippen MR) is 120 cm³/mol. The topological polar surface area (TPSA) is 73.6 Å². The van der Waals surface area contributed by atoms with Crippen LogP contribution >= 0.6 is 0 Å². The van der Waals surface area contributed by atoms with Gasteiger partial charge in [-0.25, -0.2) is 4.79 Å². The van der Waals surface area contributed by atoms with Crippen LogP contribution < -0.4 is 4.74 Å². The Morgan fingerprint density at radius 2 is 2.03 bits per heavy atom. The van der Waals surface area contributed by atoms with Crippen molar-refractivity contribution in [2.75, 3.05) is 6.61 Å². The van der Waals surface area contributed by atoms with E-state index in [1.54, 1.807) is 4.68 Å². The lowest BCUT2D eigenvalue weighted by atomic mass is 9.90. The minimum absolute atomic E-state index is 0.584. The van der Waals surface area contributed by atoms with Gasteiger partial charge in [0.2, 0.25) is 0 Å². The number of carbonyl (C=O) groups is 1. The van der Waals surface area contributed by atoms with E-state index in [-0.39, 0.29) is 0 Å². The summed E-state index contributed by atoms with van der Waals surface area (Å²) in [6.07, 6.45) is 7.36. The molecule has 4 rings (SSSR count). The molecule has 1 atom stereocenters. The lowest BCUT2D eigenvalue weighted by molar-refractivity contribution is -0.161. The van der Waals surface area contributed by atoms with E-state index in [1.807, 2.05) is 40.0 Å². The predicted octanol–water partition coefficient (Wildman–Crippen LogP) is 5.31. The van der Waals surface area contributed by atoms with Crippen LogP contribution in [0.3, 0.4) is 0 Å². The fraction of sp³-hybridized carbons (Fsp3) is 0.520. The molecule has 6 heteroatoms. The molecule has 0 saturated heterocycles. The number of nitrogens with zero attached hydrogens (tertiary/aromatic N) is 2. The molecular weight excluding hydrogens is 392 g/mol. The summed E-state index contributed by atoms with van der Waals surface area (Å²) in [5, 5.41) is 14.9. The molecule has 31 heavy (non-hydrogen) atoms. The van der Waals surface area contributed by atoms with Crippen molar-refractivity contribution in [3.05, 3.63) is 41.2 Å². The molecule has 0 amide bonds. The second kappa shape index (κ2) is 8.50. The molecule has 1 aliphatic heterocycles. The van der Waals surface area contributed by atoms with Gasteiger partial charge >= 0.3 is 5.97 Å². The first-order valence-electron chi connectivity index (χ1n) is 11.2. The Kier molecular flexibility index (Phi) is 5.93. The Labute approximate surface area is 183 Å². The molecule has 2 heterocycles. The average molecular weight is 425 g/mol. The molecular formula is C25H32N2O4. The van der Waals surface area contributed by atoms with Gasteiger partial charge in [0, 0.05) is 12.6 Å². The monoisotopic (exact) mass is 424 g/mol. The summed E-state index contributed by atoms with van der Waals surface area (Å²) in [6.45, 7) is 6.36. The van der Waals surface area contributed by atoms with Crippen molar-refractivity contribution in [3.8, 4) is 16.9 Å². The summed E-state index contributed by atoms with van der Waals surface area (Å²) in [6, 6.07) is 6.16. The van der Waals surface area contributed by atoms with Gasteiger partial charge in [-0.3, -0.25) is 4.68 Å². The second-order valence-electron chi connectivity index (χ2n) is 9.43. The summed E-state index contributed by atoms with van der Waals surface area (Å²) < 4.78 is 13.5. The van der Waals surface area contributed by atoms with E-state index in [4.69, 9.17) is 14.6 Å². The Bertz CT molecular complexity index is 1010. The van der Waals surface area contributed by atoms with E-state index in [2.05, 4.69) is 12.1 Å². The lowest BCUT2D eigenvalue weighted by Gasteiger charge is -2.26. The molecule has 0 fully saturated rings. The summed E-state index contributed by atoms with van der Waals surface area (Å²) in [5.74, 6) is -0.0933. The Morgan fingerprint density at radius 1 is 1.23 bits per heavy atom. The highest BCUT2D eigenvalue weighted by Crippen LogP contribution is 2.41. The minimum atomic E-state index is -1.11. The molecule has 166 valence electrons. The molecule has 2 aliphatic rings. The van der Waals surface area contributed by atoms with E-state index in [1.165, 1.54) is 12.0 Å². The lowest BCUT2D eigenvalue weighted by Crippen LogP contribution is -2.29. The van der Waals surface area contributed by atoms with Crippen molar-refractivity contribution >= 4 is 11.5 Å². The normalized spacial score (nSPS) is 17.5. The van der Waals surface area contributed by atoms with Crippen LogP contribution in [0.5, 0.6) is 5.75 Å². The summed E-state index contributed by atoms with van der Waals surface area (Å²) >= 11 is 0. The first kappa shape index (κ1) is 21.6. The first-order valence-corrected chi connectivity index (χ1v) is 11.2. The number of benzene rings is 1. The van der Waals surface area contributed by atoms with Crippen molar-refractivity contribution in [2.24, 2.45) is 7.05 Å². The van der Waals surface area contributed by atoms with E-state index in [0.717, 1.165) is 66.8 Å². The van der Waals surface area contributed by atoms with E-state index in [9.17, 15) is 9.90 Å². The molecule has 2 aromatic rings. The molecule has 1 aromatic heterocycles. The number of rotatable bonds is 5. The molecule has 1 N–H and O–H groups in total. The number of carboxylic acid groups (broad SMARTS) is 1. The van der Waals surface area contributed by atoms with E-state index in [0.29, 0.717) is 5.69 Å². The molecule has 1 aliphatic carbocycles. The van der Waals surface area contributed by atoms with Gasteiger partial charge in [-0.2, -0.15) is 5.10 Å². The molecule has 0 spiro atoms. The summed E-state index contributed by atoms with van der Waals surface area (Å²) in [5.41, 5.74) is 5.03. The van der Waals surface area contributed by atoms with Crippen LogP contribution in [0.25, 0.3) is 16.7 Å². The smallest absolute Gasteiger partial charge is 0.339 e. The van der Waals surface area contributed by atoms with Gasteiger partial charge in [0.25, 0.3) is 0 Å². The van der Waals surface area contributed by atoms with Crippen molar-refractivity contribution in [1.82, 2.24) is 9.78 Å². The zero-order chi connectivity index (χ0) is 22.2. The maximum Gasteiger partial charge on any atom is 0.339 e. The van der Waals surface area contributed by atoms with Crippen molar-refractivity contribution < 1.29 is 19.4 Å². The van der Waals surface area contributed by atoms with E-state index < -0.39 is 17.7 Å².